The molecule has 0 saturated carbocycles. The van der Waals surface area contributed by atoms with Crippen molar-refractivity contribution in [1.29, 1.82) is 0 Å². The Morgan fingerprint density at radius 3 is 2.81 bits per heavy atom. The minimum absolute atomic E-state index is 0.0825. The number of hydrogen-bond donors (Lipinski definition) is 1. The van der Waals surface area contributed by atoms with E-state index in [-0.39, 0.29) is 36.2 Å². The number of carbonyl (C=O) groups excluding carboxylic acids is 1. The molecule has 0 saturated heterocycles. The first kappa shape index (κ1) is 15.0. The number of nitrogens with zero attached hydrogens (tertiary/aromatic N) is 2. The van der Waals surface area contributed by atoms with E-state index in [4.69, 9.17) is 20.5 Å². The van der Waals surface area contributed by atoms with Gasteiger partial charge < -0.3 is 19.0 Å². The number of rotatable bonds is 7. The molecule has 4 rings (SSSR count). The van der Waals surface area contributed by atoms with E-state index in [1.165, 1.54) is 13.2 Å². The quantitative estimate of drug-likeness (QED) is 0.453. The zero-order valence-electron chi connectivity index (χ0n) is 21.8. The fraction of sp³-hybridized carbons (Fsp3) is 0.217. The number of aryl methyl sites for hydroxylation is 2. The summed E-state index contributed by atoms with van der Waals surface area (Å²) in [6.07, 6.45) is 0.467. The Morgan fingerprint density at radius 1 is 1.23 bits per heavy atom. The lowest BCUT2D eigenvalue weighted by molar-refractivity contribution is -0.121. The summed E-state index contributed by atoms with van der Waals surface area (Å²) < 4.78 is 54.9. The zero-order valence-corrected chi connectivity index (χ0v) is 16.8. The van der Waals surface area contributed by atoms with Crippen LogP contribution < -0.4 is 15.7 Å². The van der Waals surface area contributed by atoms with Crippen molar-refractivity contribution in [3.63, 3.8) is 0 Å². The van der Waals surface area contributed by atoms with Crippen LogP contribution in [-0.2, 0) is 17.8 Å². The summed E-state index contributed by atoms with van der Waals surface area (Å²) in [4.78, 5) is 28.1. The van der Waals surface area contributed by atoms with Crippen LogP contribution >= 0.6 is 0 Å². The molecule has 2 aromatic carbocycles. The molecule has 0 radical (unpaired) electrons. The van der Waals surface area contributed by atoms with Crippen molar-refractivity contribution in [3.05, 3.63) is 75.8 Å². The van der Waals surface area contributed by atoms with E-state index in [9.17, 15) is 9.59 Å². The van der Waals surface area contributed by atoms with E-state index in [1.807, 2.05) is 6.07 Å². The van der Waals surface area contributed by atoms with Gasteiger partial charge in [-0.3, -0.25) is 4.79 Å². The molecule has 0 aliphatic carbocycles. The third kappa shape index (κ3) is 4.63. The Kier molecular flexibility index (Phi) is 4.26. The number of carbonyl (C=O) groups is 1. The molecular weight excluding hydrogens is 398 g/mol. The second kappa shape index (κ2) is 8.83. The standard InChI is InChI=1S/C23H21N3O5/c1-14-10-22(28)30-19-12-18(29-2)16(11-17(14)19)8-9-21(27)24-13-20-25-23(31-26-20)15-6-4-3-5-7-15/h3-7,10-12H,8-9,13H2,1-2H3,(H,24,27)/i3D,4D,5D,6D,7D. The maximum atomic E-state index is 12.4. The normalized spacial score (nSPS) is 13.2. The summed E-state index contributed by atoms with van der Waals surface area (Å²) in [6, 6.07) is 2.37. The van der Waals surface area contributed by atoms with Gasteiger partial charge in [-0.2, -0.15) is 4.98 Å². The first-order valence-electron chi connectivity index (χ1n) is 11.9. The third-order valence-corrected chi connectivity index (χ3v) is 4.60. The highest BCUT2D eigenvalue weighted by Gasteiger charge is 2.13. The summed E-state index contributed by atoms with van der Waals surface area (Å²) in [5.74, 6) is 0.0337. The lowest BCUT2D eigenvalue weighted by Crippen LogP contribution is -2.23. The number of methoxy groups -OCH3 is 1. The lowest BCUT2D eigenvalue weighted by Gasteiger charge is -2.11. The van der Waals surface area contributed by atoms with Crippen LogP contribution in [-0.4, -0.2) is 23.2 Å². The number of fused-ring (bicyclic) bond motifs is 1. The van der Waals surface area contributed by atoms with E-state index in [0.29, 0.717) is 17.8 Å². The van der Waals surface area contributed by atoms with E-state index >= 15 is 0 Å². The monoisotopic (exact) mass is 424 g/mol. The predicted octanol–water partition coefficient (Wildman–Crippen LogP) is 3.41. The average Bonchev–Trinajstić information content (AvgIpc) is 3.31. The zero-order chi connectivity index (χ0) is 26.1. The van der Waals surface area contributed by atoms with Gasteiger partial charge in [-0.25, -0.2) is 4.79 Å². The maximum absolute atomic E-state index is 12.4. The Morgan fingerprint density at radius 2 is 2.03 bits per heavy atom. The van der Waals surface area contributed by atoms with Gasteiger partial charge in [0.05, 0.1) is 20.5 Å². The summed E-state index contributed by atoms with van der Waals surface area (Å²) in [7, 11) is 1.49. The van der Waals surface area contributed by atoms with Crippen molar-refractivity contribution in [2.45, 2.75) is 26.3 Å². The summed E-state index contributed by atoms with van der Waals surface area (Å²) >= 11 is 0. The van der Waals surface area contributed by atoms with Gasteiger partial charge >= 0.3 is 5.63 Å². The van der Waals surface area contributed by atoms with Gasteiger partial charge in [-0.15, -0.1) is 0 Å². The van der Waals surface area contributed by atoms with Crippen LogP contribution in [0.4, 0.5) is 0 Å². The molecule has 0 aliphatic heterocycles. The van der Waals surface area contributed by atoms with Gasteiger partial charge in [0, 0.05) is 29.5 Å². The van der Waals surface area contributed by atoms with Crippen LogP contribution in [0, 0.1) is 6.92 Å². The van der Waals surface area contributed by atoms with Crippen molar-refractivity contribution >= 4 is 16.9 Å². The van der Waals surface area contributed by atoms with Crippen molar-refractivity contribution in [2.75, 3.05) is 7.11 Å². The molecule has 158 valence electrons. The van der Waals surface area contributed by atoms with Gasteiger partial charge in [0.2, 0.25) is 5.91 Å². The molecule has 8 heteroatoms. The van der Waals surface area contributed by atoms with Crippen molar-refractivity contribution in [1.82, 2.24) is 15.5 Å². The SMILES string of the molecule is [2H]c1c([2H])c([2H])c(-c2nc(CNC(=O)CCc3cc4c(C)cc(=O)oc4cc3OC)no2)c([2H])c1[2H]. The highest BCUT2D eigenvalue weighted by atomic mass is 16.5. The second-order valence-corrected chi connectivity index (χ2v) is 6.70. The first-order valence-corrected chi connectivity index (χ1v) is 9.38. The number of nitrogens with one attached hydrogen (secondary N) is 1. The van der Waals surface area contributed by atoms with Crippen LogP contribution in [0.15, 0.2) is 62.1 Å². The van der Waals surface area contributed by atoms with Crippen LogP contribution in [0.25, 0.3) is 22.4 Å². The third-order valence-electron chi connectivity index (χ3n) is 4.60. The highest BCUT2D eigenvalue weighted by molar-refractivity contribution is 5.83. The molecule has 0 aliphatic rings. The van der Waals surface area contributed by atoms with Crippen LogP contribution in [0.2, 0.25) is 0 Å². The number of hydrogen-bond acceptors (Lipinski definition) is 7. The fourth-order valence-electron chi connectivity index (χ4n) is 3.07. The molecule has 1 N–H and O–H groups in total. The largest absolute Gasteiger partial charge is 0.496 e. The molecule has 0 bridgehead atoms. The van der Waals surface area contributed by atoms with Crippen LogP contribution in [0.1, 0.15) is 30.2 Å². The molecule has 0 fully saturated rings. The smallest absolute Gasteiger partial charge is 0.336 e. The second-order valence-electron chi connectivity index (χ2n) is 6.70. The molecule has 0 spiro atoms. The fourth-order valence-corrected chi connectivity index (χ4v) is 3.07. The summed E-state index contributed by atoms with van der Waals surface area (Å²) in [5, 5.41) is 7.15. The molecule has 4 aromatic rings. The minimum Gasteiger partial charge on any atom is -0.496 e. The number of aromatic nitrogens is 2. The van der Waals surface area contributed by atoms with Gasteiger partial charge in [0.1, 0.15) is 11.3 Å². The van der Waals surface area contributed by atoms with Crippen LogP contribution in [0.3, 0.4) is 0 Å². The first-order chi connectivity index (χ1) is 17.1. The van der Waals surface area contributed by atoms with E-state index in [0.717, 1.165) is 16.5 Å². The molecule has 0 atom stereocenters. The molecule has 0 unspecified atom stereocenters. The predicted molar refractivity (Wildman–Crippen MR) is 114 cm³/mol. The molecule has 2 heterocycles. The maximum Gasteiger partial charge on any atom is 0.336 e. The lowest BCUT2D eigenvalue weighted by atomic mass is 10.0. The van der Waals surface area contributed by atoms with Gasteiger partial charge in [-0.1, -0.05) is 23.3 Å². The minimum atomic E-state index is -0.525. The molecule has 31 heavy (non-hydrogen) atoms. The highest BCUT2D eigenvalue weighted by Crippen LogP contribution is 2.28. The number of ether oxygens (including phenoxy) is 1. The Balaban J connectivity index is 1.44. The van der Waals surface area contributed by atoms with Gasteiger partial charge in [0.25, 0.3) is 5.89 Å². The molecule has 8 nitrogen and oxygen atoms in total. The molecule has 2 aromatic heterocycles. The molecule has 1 amide bonds. The van der Waals surface area contributed by atoms with E-state index < -0.39 is 35.8 Å². The van der Waals surface area contributed by atoms with Crippen LogP contribution in [0.5, 0.6) is 5.75 Å². The van der Waals surface area contributed by atoms with Crippen molar-refractivity contribution in [2.24, 2.45) is 0 Å². The summed E-state index contributed by atoms with van der Waals surface area (Å²) in [5.41, 5.74) is 1.25. The van der Waals surface area contributed by atoms with Gasteiger partial charge in [0.15, 0.2) is 5.82 Å². The topological polar surface area (TPSA) is 107 Å². The Hall–Kier alpha value is -3.94. The number of benzene rings is 2. The molecular formula is C23H21N3O5. The summed E-state index contributed by atoms with van der Waals surface area (Å²) in [6.45, 7) is 1.71. The Bertz CT molecular complexity index is 1520. The van der Waals surface area contributed by atoms with Crippen molar-refractivity contribution in [3.8, 4) is 17.2 Å². The van der Waals surface area contributed by atoms with Gasteiger partial charge in [-0.05, 0) is 42.6 Å². The van der Waals surface area contributed by atoms with E-state index in [1.54, 1.807) is 13.0 Å². The Labute approximate surface area is 184 Å². The number of amides is 1. The average molecular weight is 424 g/mol. The van der Waals surface area contributed by atoms with Crippen molar-refractivity contribution < 1.29 is 25.3 Å². The van der Waals surface area contributed by atoms with E-state index in [2.05, 4.69) is 15.5 Å².